The van der Waals surface area contributed by atoms with E-state index in [0.29, 0.717) is 0 Å². The SMILES string of the molecule is CNC(c1cn[nH]n1)c1csc(C)n1. The first kappa shape index (κ1) is 9.29. The highest BCUT2D eigenvalue weighted by Crippen LogP contribution is 2.20. The highest BCUT2D eigenvalue weighted by molar-refractivity contribution is 7.09. The van der Waals surface area contributed by atoms with Crippen LogP contribution in [0.25, 0.3) is 0 Å². The molecule has 0 bridgehead atoms. The zero-order valence-corrected chi connectivity index (χ0v) is 8.80. The Balaban J connectivity index is 2.31. The molecule has 2 rings (SSSR count). The van der Waals surface area contributed by atoms with Gasteiger partial charge >= 0.3 is 0 Å². The summed E-state index contributed by atoms with van der Waals surface area (Å²) in [5.74, 6) is 0. The van der Waals surface area contributed by atoms with Gasteiger partial charge in [0, 0.05) is 5.38 Å². The summed E-state index contributed by atoms with van der Waals surface area (Å²) in [6.45, 7) is 1.99. The van der Waals surface area contributed by atoms with Gasteiger partial charge in [-0.1, -0.05) is 0 Å². The lowest BCUT2D eigenvalue weighted by molar-refractivity contribution is 0.651. The minimum absolute atomic E-state index is 0.0266. The first-order valence-corrected chi connectivity index (χ1v) is 5.14. The molecule has 2 N–H and O–H groups in total. The van der Waals surface area contributed by atoms with Gasteiger partial charge in [0.05, 0.1) is 22.9 Å². The lowest BCUT2D eigenvalue weighted by atomic mass is 10.2. The Morgan fingerprint density at radius 1 is 1.50 bits per heavy atom. The van der Waals surface area contributed by atoms with Crippen LogP contribution in [0.3, 0.4) is 0 Å². The van der Waals surface area contributed by atoms with E-state index in [4.69, 9.17) is 0 Å². The molecule has 2 aromatic rings. The van der Waals surface area contributed by atoms with Crippen molar-refractivity contribution in [3.8, 4) is 0 Å². The summed E-state index contributed by atoms with van der Waals surface area (Å²) in [5, 5.41) is 16.7. The van der Waals surface area contributed by atoms with Gasteiger partial charge < -0.3 is 5.32 Å². The van der Waals surface area contributed by atoms with E-state index >= 15 is 0 Å². The van der Waals surface area contributed by atoms with Crippen LogP contribution in [0.5, 0.6) is 0 Å². The van der Waals surface area contributed by atoms with Crippen LogP contribution >= 0.6 is 11.3 Å². The molecule has 0 saturated heterocycles. The highest BCUT2D eigenvalue weighted by atomic mass is 32.1. The number of nitrogens with one attached hydrogen (secondary N) is 2. The topological polar surface area (TPSA) is 66.5 Å². The third-order valence-corrected chi connectivity index (χ3v) is 2.74. The summed E-state index contributed by atoms with van der Waals surface area (Å²) < 4.78 is 0. The molecule has 1 atom stereocenters. The van der Waals surface area contributed by atoms with Gasteiger partial charge in [-0.25, -0.2) is 4.98 Å². The normalized spacial score (nSPS) is 13.0. The Morgan fingerprint density at radius 2 is 2.36 bits per heavy atom. The maximum Gasteiger partial charge on any atom is 0.105 e. The quantitative estimate of drug-likeness (QED) is 0.787. The fourth-order valence-electron chi connectivity index (χ4n) is 1.31. The Bertz CT molecular complexity index is 394. The summed E-state index contributed by atoms with van der Waals surface area (Å²) in [7, 11) is 1.88. The zero-order valence-electron chi connectivity index (χ0n) is 7.98. The molecule has 6 heteroatoms. The summed E-state index contributed by atoms with van der Waals surface area (Å²) in [6, 6.07) is 0.0266. The van der Waals surface area contributed by atoms with Crippen molar-refractivity contribution >= 4 is 11.3 Å². The molecule has 74 valence electrons. The second-order valence-corrected chi connectivity index (χ2v) is 3.97. The van der Waals surface area contributed by atoms with Crippen LogP contribution < -0.4 is 5.32 Å². The Hall–Kier alpha value is -1.27. The summed E-state index contributed by atoms with van der Waals surface area (Å²) in [5.41, 5.74) is 1.85. The van der Waals surface area contributed by atoms with Crippen LogP contribution in [-0.2, 0) is 0 Å². The number of thiazole rings is 1. The Labute approximate surface area is 85.6 Å². The van der Waals surface area contributed by atoms with Crippen LogP contribution in [0.1, 0.15) is 22.4 Å². The number of aryl methyl sites for hydroxylation is 1. The minimum atomic E-state index is 0.0266. The second kappa shape index (κ2) is 3.85. The molecular weight excluding hydrogens is 198 g/mol. The highest BCUT2D eigenvalue weighted by Gasteiger charge is 2.16. The van der Waals surface area contributed by atoms with Gasteiger partial charge in [-0.15, -0.1) is 11.3 Å². The molecule has 5 nitrogen and oxygen atoms in total. The number of rotatable bonds is 3. The molecule has 0 aliphatic heterocycles. The third-order valence-electron chi connectivity index (χ3n) is 1.95. The lowest BCUT2D eigenvalue weighted by Crippen LogP contribution is -2.18. The molecule has 2 aromatic heterocycles. The minimum Gasteiger partial charge on any atom is -0.307 e. The molecule has 1 unspecified atom stereocenters. The van der Waals surface area contributed by atoms with Crippen molar-refractivity contribution in [2.24, 2.45) is 0 Å². The van der Waals surface area contributed by atoms with E-state index in [0.717, 1.165) is 16.4 Å². The van der Waals surface area contributed by atoms with Gasteiger partial charge in [0.25, 0.3) is 0 Å². The van der Waals surface area contributed by atoms with E-state index in [1.807, 2.05) is 19.4 Å². The summed E-state index contributed by atoms with van der Waals surface area (Å²) in [4.78, 5) is 4.41. The predicted octanol–water partition coefficient (Wildman–Crippen LogP) is 0.878. The molecule has 0 saturated carbocycles. The van der Waals surface area contributed by atoms with E-state index in [9.17, 15) is 0 Å². The average molecular weight is 209 g/mol. The zero-order chi connectivity index (χ0) is 9.97. The van der Waals surface area contributed by atoms with Crippen molar-refractivity contribution in [3.05, 3.63) is 28.0 Å². The van der Waals surface area contributed by atoms with Crippen LogP contribution in [0.2, 0.25) is 0 Å². The van der Waals surface area contributed by atoms with Crippen LogP contribution in [-0.4, -0.2) is 27.4 Å². The monoisotopic (exact) mass is 209 g/mol. The lowest BCUT2D eigenvalue weighted by Gasteiger charge is -2.09. The number of hydrogen-bond acceptors (Lipinski definition) is 5. The van der Waals surface area contributed by atoms with Crippen molar-refractivity contribution < 1.29 is 0 Å². The first-order valence-electron chi connectivity index (χ1n) is 4.26. The maximum atomic E-state index is 4.41. The van der Waals surface area contributed by atoms with E-state index in [1.165, 1.54) is 0 Å². The molecule has 0 radical (unpaired) electrons. The molecule has 2 heterocycles. The van der Waals surface area contributed by atoms with Crippen LogP contribution in [0.15, 0.2) is 11.6 Å². The predicted molar refractivity (Wildman–Crippen MR) is 54.1 cm³/mol. The van der Waals surface area contributed by atoms with Gasteiger partial charge in [-0.05, 0) is 14.0 Å². The van der Waals surface area contributed by atoms with E-state index in [-0.39, 0.29) is 6.04 Å². The summed E-state index contributed by atoms with van der Waals surface area (Å²) >= 11 is 1.64. The second-order valence-electron chi connectivity index (χ2n) is 2.91. The smallest absolute Gasteiger partial charge is 0.105 e. The van der Waals surface area contributed by atoms with Crippen LogP contribution in [0, 0.1) is 6.92 Å². The largest absolute Gasteiger partial charge is 0.307 e. The van der Waals surface area contributed by atoms with Gasteiger partial charge in [0.1, 0.15) is 5.69 Å². The molecule has 0 spiro atoms. The van der Waals surface area contributed by atoms with Gasteiger partial charge in [-0.3, -0.25) is 0 Å². The van der Waals surface area contributed by atoms with Gasteiger partial charge in [-0.2, -0.15) is 15.4 Å². The molecule has 0 amide bonds. The molecule has 0 aliphatic carbocycles. The standard InChI is InChI=1S/C8H11N5S/c1-5-11-7(4-14-5)8(9-2)6-3-10-13-12-6/h3-4,8-9H,1-2H3,(H,10,12,13). The number of aromatic nitrogens is 4. The fraction of sp³-hybridized carbons (Fsp3) is 0.375. The first-order chi connectivity index (χ1) is 6.81. The van der Waals surface area contributed by atoms with Crippen molar-refractivity contribution in [2.75, 3.05) is 7.05 Å². The maximum absolute atomic E-state index is 4.41. The summed E-state index contributed by atoms with van der Waals surface area (Å²) in [6.07, 6.45) is 1.70. The van der Waals surface area contributed by atoms with Crippen molar-refractivity contribution in [1.82, 2.24) is 25.7 Å². The fourth-order valence-corrected chi connectivity index (χ4v) is 1.95. The third kappa shape index (κ3) is 1.66. The van der Waals surface area contributed by atoms with Gasteiger partial charge in [0.15, 0.2) is 0 Å². The number of aromatic amines is 1. The molecular formula is C8H11N5S. The van der Waals surface area contributed by atoms with E-state index in [2.05, 4.69) is 25.7 Å². The van der Waals surface area contributed by atoms with Crippen molar-refractivity contribution in [2.45, 2.75) is 13.0 Å². The van der Waals surface area contributed by atoms with E-state index < -0.39 is 0 Å². The molecule has 0 aliphatic rings. The average Bonchev–Trinajstić information content (AvgIpc) is 2.79. The molecule has 0 aromatic carbocycles. The Kier molecular flexibility index (Phi) is 2.55. The number of hydrogen-bond donors (Lipinski definition) is 2. The Morgan fingerprint density at radius 3 is 2.86 bits per heavy atom. The molecule has 0 fully saturated rings. The molecule has 14 heavy (non-hydrogen) atoms. The van der Waals surface area contributed by atoms with Crippen molar-refractivity contribution in [3.63, 3.8) is 0 Å². The number of nitrogens with zero attached hydrogens (tertiary/aromatic N) is 3. The van der Waals surface area contributed by atoms with E-state index in [1.54, 1.807) is 17.5 Å². The van der Waals surface area contributed by atoms with Crippen LogP contribution in [0.4, 0.5) is 0 Å². The number of H-pyrrole nitrogens is 1. The van der Waals surface area contributed by atoms with Crippen molar-refractivity contribution in [1.29, 1.82) is 0 Å². The van der Waals surface area contributed by atoms with Gasteiger partial charge in [0.2, 0.25) is 0 Å².